The number of nitriles is 1. The summed E-state index contributed by atoms with van der Waals surface area (Å²) < 4.78 is 0. The molecule has 1 heterocycles. The first-order chi connectivity index (χ1) is 9.52. The number of anilines is 1. The van der Waals surface area contributed by atoms with Crippen LogP contribution >= 0.6 is 0 Å². The molecule has 2 rings (SSSR count). The van der Waals surface area contributed by atoms with Crippen molar-refractivity contribution in [3.8, 4) is 6.07 Å². The van der Waals surface area contributed by atoms with Crippen LogP contribution in [0.3, 0.4) is 0 Å². The zero-order valence-corrected chi connectivity index (χ0v) is 10.9. The normalized spacial score (nSPS) is 18.4. The molecule has 20 heavy (non-hydrogen) atoms. The summed E-state index contributed by atoms with van der Waals surface area (Å²) in [5.41, 5.74) is 6.37. The van der Waals surface area contributed by atoms with Crippen LogP contribution in [0.1, 0.15) is 28.8 Å². The van der Waals surface area contributed by atoms with Crippen molar-refractivity contribution in [2.45, 2.75) is 12.8 Å². The average Bonchev–Trinajstić information content (AvgIpc) is 2.46. The molecule has 1 aliphatic rings. The van der Waals surface area contributed by atoms with Gasteiger partial charge >= 0.3 is 5.97 Å². The summed E-state index contributed by atoms with van der Waals surface area (Å²) in [4.78, 5) is 24.1. The smallest absolute Gasteiger partial charge is 0.335 e. The minimum atomic E-state index is -1.07. The van der Waals surface area contributed by atoms with Crippen molar-refractivity contribution in [2.75, 3.05) is 18.0 Å². The molecule has 1 saturated heterocycles. The van der Waals surface area contributed by atoms with E-state index < -0.39 is 5.97 Å². The summed E-state index contributed by atoms with van der Waals surface area (Å²) in [7, 11) is 0. The van der Waals surface area contributed by atoms with Crippen LogP contribution in [-0.2, 0) is 4.79 Å². The van der Waals surface area contributed by atoms with E-state index in [1.165, 1.54) is 12.1 Å². The fourth-order valence-corrected chi connectivity index (χ4v) is 2.46. The van der Waals surface area contributed by atoms with Crippen LogP contribution in [0.15, 0.2) is 18.2 Å². The largest absolute Gasteiger partial charge is 0.478 e. The number of carboxylic acids is 1. The van der Waals surface area contributed by atoms with Crippen LogP contribution in [0.2, 0.25) is 0 Å². The van der Waals surface area contributed by atoms with Crippen LogP contribution in [0.4, 0.5) is 5.69 Å². The molecular formula is C14H15N3O3. The molecule has 1 aromatic carbocycles. The highest BCUT2D eigenvalue weighted by Crippen LogP contribution is 2.27. The van der Waals surface area contributed by atoms with Crippen LogP contribution in [-0.4, -0.2) is 30.1 Å². The first-order valence-electron chi connectivity index (χ1n) is 6.34. The van der Waals surface area contributed by atoms with Crippen molar-refractivity contribution in [3.63, 3.8) is 0 Å². The molecule has 1 aliphatic heterocycles. The lowest BCUT2D eigenvalue weighted by atomic mass is 9.96. The molecule has 1 atom stereocenters. The van der Waals surface area contributed by atoms with Crippen LogP contribution < -0.4 is 10.6 Å². The van der Waals surface area contributed by atoms with E-state index in [1.807, 2.05) is 11.0 Å². The minimum Gasteiger partial charge on any atom is -0.478 e. The Morgan fingerprint density at radius 1 is 1.45 bits per heavy atom. The predicted molar refractivity (Wildman–Crippen MR) is 72.2 cm³/mol. The molecule has 0 bridgehead atoms. The van der Waals surface area contributed by atoms with E-state index in [0.717, 1.165) is 19.4 Å². The lowest BCUT2D eigenvalue weighted by Gasteiger charge is -2.33. The third kappa shape index (κ3) is 2.72. The maximum absolute atomic E-state index is 11.3. The monoisotopic (exact) mass is 273 g/mol. The van der Waals surface area contributed by atoms with E-state index in [9.17, 15) is 9.59 Å². The van der Waals surface area contributed by atoms with Crippen LogP contribution in [0, 0.1) is 17.2 Å². The number of nitrogens with zero attached hydrogens (tertiary/aromatic N) is 2. The summed E-state index contributed by atoms with van der Waals surface area (Å²) in [6.07, 6.45) is 1.57. The third-order valence-electron chi connectivity index (χ3n) is 3.53. The first kappa shape index (κ1) is 13.9. The molecule has 0 aliphatic carbocycles. The van der Waals surface area contributed by atoms with Gasteiger partial charge in [-0.3, -0.25) is 4.79 Å². The van der Waals surface area contributed by atoms with Gasteiger partial charge in [-0.25, -0.2) is 4.79 Å². The molecule has 0 radical (unpaired) electrons. The maximum atomic E-state index is 11.3. The SMILES string of the molecule is N#Cc1cc(C(=O)O)ccc1N1CCCC(C(N)=O)C1. The molecule has 1 amide bonds. The van der Waals surface area contributed by atoms with Gasteiger partial charge in [0.15, 0.2) is 0 Å². The average molecular weight is 273 g/mol. The van der Waals surface area contributed by atoms with Gasteiger partial charge in [0.05, 0.1) is 22.7 Å². The number of piperidine rings is 1. The van der Waals surface area contributed by atoms with Crippen molar-refractivity contribution < 1.29 is 14.7 Å². The lowest BCUT2D eigenvalue weighted by Crippen LogP contribution is -2.41. The summed E-state index contributed by atoms with van der Waals surface area (Å²) >= 11 is 0. The van der Waals surface area contributed by atoms with Crippen molar-refractivity contribution in [1.82, 2.24) is 0 Å². The van der Waals surface area contributed by atoms with Gasteiger partial charge in [-0.15, -0.1) is 0 Å². The van der Waals surface area contributed by atoms with E-state index in [4.69, 9.17) is 16.1 Å². The van der Waals surface area contributed by atoms with Crippen molar-refractivity contribution in [3.05, 3.63) is 29.3 Å². The number of nitrogens with two attached hydrogens (primary N) is 1. The van der Waals surface area contributed by atoms with Crippen molar-refractivity contribution in [1.29, 1.82) is 5.26 Å². The number of amides is 1. The molecule has 1 fully saturated rings. The number of carboxylic acid groups (broad SMARTS) is 1. The van der Waals surface area contributed by atoms with Gasteiger partial charge in [0.25, 0.3) is 0 Å². The standard InChI is InChI=1S/C14H15N3O3/c15-7-11-6-9(14(19)20)3-4-12(11)17-5-1-2-10(8-17)13(16)18/h3-4,6,10H,1-2,5,8H2,(H2,16,18)(H,19,20). The second-order valence-electron chi connectivity index (χ2n) is 4.84. The Balaban J connectivity index is 2.30. The third-order valence-corrected chi connectivity index (χ3v) is 3.53. The Hall–Kier alpha value is -2.55. The predicted octanol–water partition coefficient (Wildman–Crippen LogP) is 0.958. The Labute approximate surface area is 116 Å². The number of aromatic carboxylic acids is 1. The Kier molecular flexibility index (Phi) is 3.89. The number of hydrogen-bond donors (Lipinski definition) is 2. The highest BCUT2D eigenvalue weighted by atomic mass is 16.4. The zero-order valence-electron chi connectivity index (χ0n) is 10.9. The maximum Gasteiger partial charge on any atom is 0.335 e. The molecule has 1 unspecified atom stereocenters. The summed E-state index contributed by atoms with van der Waals surface area (Å²) in [6, 6.07) is 6.44. The number of hydrogen-bond acceptors (Lipinski definition) is 4. The van der Waals surface area contributed by atoms with Gasteiger partial charge in [-0.1, -0.05) is 0 Å². The minimum absolute atomic E-state index is 0.0776. The second-order valence-corrected chi connectivity index (χ2v) is 4.84. The van der Waals surface area contributed by atoms with E-state index in [1.54, 1.807) is 6.07 Å². The summed E-state index contributed by atoms with van der Waals surface area (Å²) in [5, 5.41) is 18.1. The summed E-state index contributed by atoms with van der Waals surface area (Å²) in [6.45, 7) is 1.20. The van der Waals surface area contributed by atoms with Gasteiger partial charge in [-0.05, 0) is 31.0 Å². The van der Waals surface area contributed by atoms with Gasteiger partial charge in [0.1, 0.15) is 6.07 Å². The van der Waals surface area contributed by atoms with Gasteiger partial charge < -0.3 is 15.7 Å². The molecule has 6 nitrogen and oxygen atoms in total. The molecule has 3 N–H and O–H groups in total. The van der Waals surface area contributed by atoms with E-state index >= 15 is 0 Å². The first-order valence-corrected chi connectivity index (χ1v) is 6.34. The summed E-state index contributed by atoms with van der Waals surface area (Å²) in [5.74, 6) is -1.63. The Bertz CT molecular complexity index is 592. The quantitative estimate of drug-likeness (QED) is 0.852. The highest BCUT2D eigenvalue weighted by Gasteiger charge is 2.25. The molecule has 6 heteroatoms. The van der Waals surface area contributed by atoms with Gasteiger partial charge in [0.2, 0.25) is 5.91 Å². The van der Waals surface area contributed by atoms with Gasteiger partial charge in [0, 0.05) is 13.1 Å². The number of carbonyl (C=O) groups is 2. The molecule has 0 spiro atoms. The van der Waals surface area contributed by atoms with E-state index in [2.05, 4.69) is 0 Å². The van der Waals surface area contributed by atoms with E-state index in [0.29, 0.717) is 17.8 Å². The molecule has 0 saturated carbocycles. The zero-order chi connectivity index (χ0) is 14.7. The van der Waals surface area contributed by atoms with Crippen LogP contribution in [0.5, 0.6) is 0 Å². The number of primary amides is 1. The van der Waals surface area contributed by atoms with Gasteiger partial charge in [-0.2, -0.15) is 5.26 Å². The number of carbonyl (C=O) groups excluding carboxylic acids is 1. The van der Waals surface area contributed by atoms with Crippen LogP contribution in [0.25, 0.3) is 0 Å². The van der Waals surface area contributed by atoms with Crippen molar-refractivity contribution in [2.24, 2.45) is 11.7 Å². The molecular weight excluding hydrogens is 258 g/mol. The number of benzene rings is 1. The Morgan fingerprint density at radius 3 is 2.80 bits per heavy atom. The topological polar surface area (TPSA) is 107 Å². The van der Waals surface area contributed by atoms with Crippen molar-refractivity contribution >= 4 is 17.6 Å². The fourth-order valence-electron chi connectivity index (χ4n) is 2.46. The molecule has 104 valence electrons. The molecule has 0 aromatic heterocycles. The van der Waals surface area contributed by atoms with E-state index in [-0.39, 0.29) is 17.4 Å². The second kappa shape index (κ2) is 5.61. The Morgan fingerprint density at radius 2 is 2.20 bits per heavy atom. The number of rotatable bonds is 3. The molecule has 1 aromatic rings. The fraction of sp³-hybridized carbons (Fsp3) is 0.357. The lowest BCUT2D eigenvalue weighted by molar-refractivity contribution is -0.122. The highest BCUT2D eigenvalue weighted by molar-refractivity contribution is 5.89.